The zero-order chi connectivity index (χ0) is 12.9. The molecule has 0 fully saturated rings. The number of hydrogen-bond acceptors (Lipinski definition) is 0. The van der Waals surface area contributed by atoms with E-state index in [1.54, 1.807) is 0 Å². The maximum absolute atomic E-state index is 2.34. The molecule has 1 aromatic carbocycles. The molecule has 0 saturated carbocycles. The SMILES string of the molecule is CC=CC(C)[N+](C)(CC)Cc1ccc(C)cc1.[Cl-]. The third kappa shape index (κ3) is 4.47. The minimum Gasteiger partial charge on any atom is -1.00 e. The molecule has 0 bridgehead atoms. The molecule has 0 radical (unpaired) electrons. The van der Waals surface area contributed by atoms with Crippen LogP contribution >= 0.6 is 0 Å². The molecule has 0 N–H and O–H groups in total. The zero-order valence-electron chi connectivity index (χ0n) is 12.3. The Bertz CT molecular complexity index is 369. The highest BCUT2D eigenvalue weighted by molar-refractivity contribution is 5.20. The first-order valence-electron chi connectivity index (χ1n) is 6.54. The van der Waals surface area contributed by atoms with Gasteiger partial charge in [-0.3, -0.25) is 0 Å². The van der Waals surface area contributed by atoms with Gasteiger partial charge in [-0.25, -0.2) is 0 Å². The molecule has 18 heavy (non-hydrogen) atoms. The Morgan fingerprint density at radius 3 is 2.22 bits per heavy atom. The van der Waals surface area contributed by atoms with Crippen molar-refractivity contribution < 1.29 is 16.9 Å². The van der Waals surface area contributed by atoms with Gasteiger partial charge < -0.3 is 16.9 Å². The van der Waals surface area contributed by atoms with Crippen molar-refractivity contribution in [3.05, 3.63) is 47.5 Å². The average molecular weight is 268 g/mol. The first-order chi connectivity index (χ1) is 8.01. The Hall–Kier alpha value is -0.790. The summed E-state index contributed by atoms with van der Waals surface area (Å²) < 4.78 is 1.06. The van der Waals surface area contributed by atoms with Crippen molar-refractivity contribution in [2.24, 2.45) is 0 Å². The first-order valence-corrected chi connectivity index (χ1v) is 6.54. The van der Waals surface area contributed by atoms with Gasteiger partial charge in [0.2, 0.25) is 0 Å². The van der Waals surface area contributed by atoms with Crippen molar-refractivity contribution in [1.29, 1.82) is 0 Å². The predicted molar refractivity (Wildman–Crippen MR) is 75.9 cm³/mol. The van der Waals surface area contributed by atoms with Crippen molar-refractivity contribution in [2.45, 2.75) is 40.3 Å². The topological polar surface area (TPSA) is 0 Å². The van der Waals surface area contributed by atoms with E-state index in [9.17, 15) is 0 Å². The van der Waals surface area contributed by atoms with Crippen molar-refractivity contribution in [2.75, 3.05) is 13.6 Å². The maximum atomic E-state index is 2.34. The van der Waals surface area contributed by atoms with Crippen LogP contribution < -0.4 is 12.4 Å². The minimum atomic E-state index is 0. The van der Waals surface area contributed by atoms with Crippen LogP contribution in [0.4, 0.5) is 0 Å². The van der Waals surface area contributed by atoms with Gasteiger partial charge in [-0.1, -0.05) is 35.9 Å². The largest absolute Gasteiger partial charge is 1.00 e. The summed E-state index contributed by atoms with van der Waals surface area (Å²) in [6.07, 6.45) is 4.46. The summed E-state index contributed by atoms with van der Waals surface area (Å²) in [5.41, 5.74) is 2.76. The molecular formula is C16H26ClN. The fourth-order valence-corrected chi connectivity index (χ4v) is 2.14. The summed E-state index contributed by atoms with van der Waals surface area (Å²) in [5.74, 6) is 0. The molecule has 0 aliphatic rings. The second kappa shape index (κ2) is 7.60. The van der Waals surface area contributed by atoms with Gasteiger partial charge in [0.05, 0.1) is 13.6 Å². The number of aryl methyl sites for hydroxylation is 1. The highest BCUT2D eigenvalue weighted by atomic mass is 35.5. The van der Waals surface area contributed by atoms with Crippen LogP contribution in [0.25, 0.3) is 0 Å². The molecule has 0 spiro atoms. The molecule has 1 aromatic rings. The third-order valence-electron chi connectivity index (χ3n) is 3.84. The Morgan fingerprint density at radius 1 is 1.22 bits per heavy atom. The Labute approximate surface area is 119 Å². The van der Waals surface area contributed by atoms with Crippen LogP contribution in [0.3, 0.4) is 0 Å². The monoisotopic (exact) mass is 267 g/mol. The number of allylic oxidation sites excluding steroid dienone is 1. The average Bonchev–Trinajstić information content (AvgIpc) is 2.32. The van der Waals surface area contributed by atoms with E-state index in [1.807, 2.05) is 0 Å². The molecule has 0 heterocycles. The van der Waals surface area contributed by atoms with Crippen LogP contribution in [0.1, 0.15) is 31.9 Å². The summed E-state index contributed by atoms with van der Waals surface area (Å²) >= 11 is 0. The molecular weight excluding hydrogens is 242 g/mol. The Balaban J connectivity index is 0.00000289. The highest BCUT2D eigenvalue weighted by Gasteiger charge is 2.25. The third-order valence-corrected chi connectivity index (χ3v) is 3.84. The van der Waals surface area contributed by atoms with Crippen LogP contribution in [-0.2, 0) is 6.54 Å². The summed E-state index contributed by atoms with van der Waals surface area (Å²) in [7, 11) is 2.34. The van der Waals surface area contributed by atoms with Gasteiger partial charge in [0, 0.05) is 5.56 Å². The predicted octanol–water partition coefficient (Wildman–Crippen LogP) is 0.930. The van der Waals surface area contributed by atoms with Crippen molar-refractivity contribution in [1.82, 2.24) is 0 Å². The van der Waals surface area contributed by atoms with Gasteiger partial charge in [-0.05, 0) is 33.8 Å². The molecule has 2 unspecified atom stereocenters. The van der Waals surface area contributed by atoms with Gasteiger partial charge >= 0.3 is 0 Å². The van der Waals surface area contributed by atoms with Crippen molar-refractivity contribution in [3.8, 4) is 0 Å². The van der Waals surface area contributed by atoms with Gasteiger partial charge in [0.25, 0.3) is 0 Å². The van der Waals surface area contributed by atoms with E-state index in [0.29, 0.717) is 6.04 Å². The van der Waals surface area contributed by atoms with Crippen LogP contribution in [-0.4, -0.2) is 24.1 Å². The van der Waals surface area contributed by atoms with Gasteiger partial charge in [0.1, 0.15) is 12.6 Å². The molecule has 102 valence electrons. The van der Waals surface area contributed by atoms with Gasteiger partial charge in [-0.2, -0.15) is 0 Å². The molecule has 0 aliphatic heterocycles. The molecule has 0 aliphatic carbocycles. The maximum Gasteiger partial charge on any atom is 0.105 e. The zero-order valence-corrected chi connectivity index (χ0v) is 13.0. The van der Waals surface area contributed by atoms with Crippen molar-refractivity contribution >= 4 is 0 Å². The summed E-state index contributed by atoms with van der Waals surface area (Å²) in [4.78, 5) is 0. The lowest BCUT2D eigenvalue weighted by molar-refractivity contribution is -0.936. The second-order valence-electron chi connectivity index (χ2n) is 5.21. The van der Waals surface area contributed by atoms with Gasteiger partial charge in [-0.15, -0.1) is 0 Å². The quantitative estimate of drug-likeness (QED) is 0.550. The van der Waals surface area contributed by atoms with E-state index in [4.69, 9.17) is 0 Å². The first kappa shape index (κ1) is 17.2. The summed E-state index contributed by atoms with van der Waals surface area (Å²) in [6, 6.07) is 9.48. The van der Waals surface area contributed by atoms with Crippen LogP contribution in [0.2, 0.25) is 0 Å². The molecule has 0 saturated heterocycles. The lowest BCUT2D eigenvalue weighted by Crippen LogP contribution is -3.00. The lowest BCUT2D eigenvalue weighted by Gasteiger charge is -2.38. The minimum absolute atomic E-state index is 0. The Morgan fingerprint density at radius 2 is 1.78 bits per heavy atom. The number of benzene rings is 1. The molecule has 2 atom stereocenters. The van der Waals surface area contributed by atoms with Crippen LogP contribution in [0.15, 0.2) is 36.4 Å². The lowest BCUT2D eigenvalue weighted by atomic mass is 10.1. The van der Waals surface area contributed by atoms with Crippen molar-refractivity contribution in [3.63, 3.8) is 0 Å². The number of halogens is 1. The fraction of sp³-hybridized carbons (Fsp3) is 0.500. The molecule has 0 aromatic heterocycles. The second-order valence-corrected chi connectivity index (χ2v) is 5.21. The van der Waals surface area contributed by atoms with Crippen LogP contribution in [0, 0.1) is 6.92 Å². The number of nitrogens with zero attached hydrogens (tertiary/aromatic N) is 1. The van der Waals surface area contributed by atoms with E-state index in [1.165, 1.54) is 11.1 Å². The number of quaternary nitrogens is 1. The standard InChI is InChI=1S/C16H26N.ClH/c1-6-8-15(4)17(5,7-2)13-16-11-9-14(3)10-12-16;/h6,8-12,15H,7,13H2,1-5H3;1H/q+1;/p-1. The molecule has 1 rings (SSSR count). The van der Waals surface area contributed by atoms with E-state index in [-0.39, 0.29) is 12.4 Å². The number of likely N-dealkylation sites (N-methyl/N-ethyl adjacent to an activating group) is 1. The van der Waals surface area contributed by atoms with E-state index >= 15 is 0 Å². The molecule has 1 nitrogen and oxygen atoms in total. The highest BCUT2D eigenvalue weighted by Crippen LogP contribution is 2.18. The van der Waals surface area contributed by atoms with E-state index in [0.717, 1.165) is 17.6 Å². The smallest absolute Gasteiger partial charge is 0.105 e. The normalized spacial score (nSPS) is 16.1. The number of hydrogen-bond donors (Lipinski definition) is 0. The summed E-state index contributed by atoms with van der Waals surface area (Å²) in [6.45, 7) is 11.1. The molecule has 2 heteroatoms. The fourth-order valence-electron chi connectivity index (χ4n) is 2.14. The van der Waals surface area contributed by atoms with Gasteiger partial charge in [0.15, 0.2) is 0 Å². The summed E-state index contributed by atoms with van der Waals surface area (Å²) in [5, 5.41) is 0. The van der Waals surface area contributed by atoms with Crippen LogP contribution in [0.5, 0.6) is 0 Å². The molecule has 0 amide bonds. The Kier molecular flexibility index (Phi) is 7.27. The number of rotatable bonds is 5. The van der Waals surface area contributed by atoms with E-state index in [2.05, 4.69) is 71.2 Å². The van der Waals surface area contributed by atoms with E-state index < -0.39 is 0 Å².